The Bertz CT molecular complexity index is 645. The number of nitrogens with zero attached hydrogens (tertiary/aromatic N) is 2. The van der Waals surface area contributed by atoms with Gasteiger partial charge in [-0.15, -0.1) is 0 Å². The summed E-state index contributed by atoms with van der Waals surface area (Å²) >= 11 is 6.06. The first-order chi connectivity index (χ1) is 10.7. The van der Waals surface area contributed by atoms with Gasteiger partial charge in [-0.25, -0.2) is 0 Å². The molecule has 2 aromatic heterocycles. The number of hydrogen-bond acceptors (Lipinski definition) is 4. The molecule has 2 unspecified atom stereocenters. The van der Waals surface area contributed by atoms with Gasteiger partial charge in [0.05, 0.1) is 16.8 Å². The second kappa shape index (κ2) is 6.50. The Morgan fingerprint density at radius 2 is 2.41 bits per heavy atom. The van der Waals surface area contributed by atoms with Crippen LogP contribution in [0.1, 0.15) is 41.5 Å². The van der Waals surface area contributed by atoms with Crippen LogP contribution >= 0.6 is 11.6 Å². The third-order valence-corrected chi connectivity index (χ3v) is 4.31. The van der Waals surface area contributed by atoms with E-state index in [0.29, 0.717) is 29.3 Å². The van der Waals surface area contributed by atoms with Crippen molar-refractivity contribution in [1.29, 1.82) is 0 Å². The lowest BCUT2D eigenvalue weighted by Gasteiger charge is -2.26. The maximum Gasteiger partial charge on any atom is 0.255 e. The summed E-state index contributed by atoms with van der Waals surface area (Å²) in [5.74, 6) is 0.419. The van der Waals surface area contributed by atoms with Crippen LogP contribution < -0.4 is 0 Å². The molecule has 1 saturated heterocycles. The first-order valence-electron chi connectivity index (χ1n) is 7.29. The lowest BCUT2D eigenvalue weighted by Crippen LogP contribution is -2.36. The van der Waals surface area contributed by atoms with E-state index in [9.17, 15) is 9.90 Å². The normalized spacial score (nSPS) is 19.4. The zero-order chi connectivity index (χ0) is 15.5. The average molecular weight is 321 g/mol. The smallest absolute Gasteiger partial charge is 0.255 e. The molecular weight excluding hydrogens is 304 g/mol. The number of aliphatic hydroxyl groups excluding tert-OH is 1. The Balaban J connectivity index is 1.73. The highest BCUT2D eigenvalue weighted by Gasteiger charge is 2.32. The van der Waals surface area contributed by atoms with E-state index in [1.807, 2.05) is 0 Å². The van der Waals surface area contributed by atoms with Crippen molar-refractivity contribution in [3.63, 3.8) is 0 Å². The van der Waals surface area contributed by atoms with E-state index in [2.05, 4.69) is 4.98 Å². The Kier molecular flexibility index (Phi) is 4.45. The van der Waals surface area contributed by atoms with Crippen molar-refractivity contribution in [1.82, 2.24) is 9.88 Å². The molecule has 22 heavy (non-hydrogen) atoms. The highest BCUT2D eigenvalue weighted by molar-refractivity contribution is 6.33. The molecule has 3 heterocycles. The molecule has 0 aromatic carbocycles. The van der Waals surface area contributed by atoms with Crippen LogP contribution in [-0.4, -0.2) is 33.5 Å². The molecule has 2 aromatic rings. The summed E-state index contributed by atoms with van der Waals surface area (Å²) in [6.45, 7) is 0.674. The van der Waals surface area contributed by atoms with Crippen LogP contribution in [0.3, 0.4) is 0 Å². The molecule has 1 aliphatic heterocycles. The fourth-order valence-corrected chi connectivity index (χ4v) is 3.11. The van der Waals surface area contributed by atoms with Crippen LogP contribution in [0.15, 0.2) is 41.3 Å². The van der Waals surface area contributed by atoms with Crippen molar-refractivity contribution in [3.8, 4) is 0 Å². The summed E-state index contributed by atoms with van der Waals surface area (Å²) < 4.78 is 5.22. The van der Waals surface area contributed by atoms with Gasteiger partial charge in [0.25, 0.3) is 5.91 Å². The first kappa shape index (κ1) is 15.1. The van der Waals surface area contributed by atoms with Crippen LogP contribution in [0.25, 0.3) is 0 Å². The fraction of sp³-hybridized carbons (Fsp3) is 0.375. The molecule has 6 heteroatoms. The van der Waals surface area contributed by atoms with Gasteiger partial charge in [-0.1, -0.05) is 11.6 Å². The second-order valence-electron chi connectivity index (χ2n) is 5.42. The zero-order valence-corrected chi connectivity index (χ0v) is 12.7. The van der Waals surface area contributed by atoms with E-state index in [4.69, 9.17) is 16.0 Å². The summed E-state index contributed by atoms with van der Waals surface area (Å²) in [4.78, 5) is 18.3. The van der Waals surface area contributed by atoms with Crippen molar-refractivity contribution in [2.45, 2.75) is 31.4 Å². The number of furan rings is 1. The Labute approximate surface area is 133 Å². The van der Waals surface area contributed by atoms with Gasteiger partial charge < -0.3 is 14.4 Å². The number of carbonyl (C=O) groups excluding carboxylic acids is 1. The lowest BCUT2D eigenvalue weighted by atomic mass is 10.0. The van der Waals surface area contributed by atoms with Crippen molar-refractivity contribution >= 4 is 17.5 Å². The molecule has 1 N–H and O–H groups in total. The third kappa shape index (κ3) is 3.00. The first-order valence-corrected chi connectivity index (χ1v) is 7.66. The monoisotopic (exact) mass is 320 g/mol. The van der Waals surface area contributed by atoms with Gasteiger partial charge in [-0.2, -0.15) is 0 Å². The fourth-order valence-electron chi connectivity index (χ4n) is 2.91. The quantitative estimate of drug-likeness (QED) is 0.940. The number of halogens is 1. The summed E-state index contributed by atoms with van der Waals surface area (Å²) in [5.41, 5.74) is 0.455. The second-order valence-corrected chi connectivity index (χ2v) is 5.82. The molecule has 0 spiro atoms. The molecule has 3 rings (SSSR count). The number of aliphatic hydroxyl groups is 1. The largest absolute Gasteiger partial charge is 0.467 e. The number of pyridine rings is 1. The molecule has 1 amide bonds. The topological polar surface area (TPSA) is 66.6 Å². The predicted octanol–water partition coefficient (Wildman–Crippen LogP) is 3.06. The van der Waals surface area contributed by atoms with Crippen LogP contribution in [0.5, 0.6) is 0 Å². The molecule has 1 aliphatic rings. The van der Waals surface area contributed by atoms with Crippen molar-refractivity contribution < 1.29 is 14.3 Å². The van der Waals surface area contributed by atoms with Gasteiger partial charge in [0, 0.05) is 31.4 Å². The molecule has 0 radical (unpaired) electrons. The molecule has 2 atom stereocenters. The van der Waals surface area contributed by atoms with Crippen LogP contribution in [0, 0.1) is 0 Å². The van der Waals surface area contributed by atoms with Gasteiger partial charge in [0.2, 0.25) is 0 Å². The van der Waals surface area contributed by atoms with E-state index >= 15 is 0 Å². The summed E-state index contributed by atoms with van der Waals surface area (Å²) in [5, 5.41) is 10.6. The van der Waals surface area contributed by atoms with Gasteiger partial charge in [-0.05, 0) is 31.0 Å². The van der Waals surface area contributed by atoms with Crippen LogP contribution in [0.4, 0.5) is 0 Å². The molecule has 0 aliphatic carbocycles. The minimum absolute atomic E-state index is 0.0168. The van der Waals surface area contributed by atoms with Crippen LogP contribution in [0.2, 0.25) is 5.02 Å². The van der Waals surface area contributed by atoms with E-state index in [-0.39, 0.29) is 11.9 Å². The lowest BCUT2D eigenvalue weighted by molar-refractivity contribution is 0.0641. The number of rotatable bonds is 4. The summed E-state index contributed by atoms with van der Waals surface area (Å²) in [7, 11) is 0. The maximum atomic E-state index is 12.7. The summed E-state index contributed by atoms with van der Waals surface area (Å²) in [6, 6.07) is 5.10. The van der Waals surface area contributed by atoms with Crippen molar-refractivity contribution in [2.24, 2.45) is 0 Å². The SMILES string of the molecule is O=C(c1ccncc1Cl)N1CCCC1CC(O)c1ccco1. The third-order valence-electron chi connectivity index (χ3n) is 4.01. The zero-order valence-electron chi connectivity index (χ0n) is 12.0. The van der Waals surface area contributed by atoms with Crippen LogP contribution in [-0.2, 0) is 0 Å². The highest BCUT2D eigenvalue weighted by atomic mass is 35.5. The van der Waals surface area contributed by atoms with Crippen molar-refractivity contribution in [3.05, 3.63) is 53.2 Å². The molecule has 116 valence electrons. The van der Waals surface area contributed by atoms with E-state index in [1.165, 1.54) is 12.5 Å². The highest BCUT2D eigenvalue weighted by Crippen LogP contribution is 2.29. The minimum atomic E-state index is -0.707. The molecular formula is C16H17ClN2O3. The molecule has 1 fully saturated rings. The number of amides is 1. The van der Waals surface area contributed by atoms with Crippen molar-refractivity contribution in [2.75, 3.05) is 6.54 Å². The standard InChI is InChI=1S/C16H17ClN2O3/c17-13-10-18-6-5-12(13)16(21)19-7-1-3-11(19)9-14(20)15-4-2-8-22-15/h2,4-6,8,10-11,14,20H,1,3,7,9H2. The maximum absolute atomic E-state index is 12.7. The molecule has 5 nitrogen and oxygen atoms in total. The number of aromatic nitrogens is 1. The summed E-state index contributed by atoms with van der Waals surface area (Å²) in [6.07, 6.45) is 6.10. The molecule has 0 bridgehead atoms. The average Bonchev–Trinajstić information content (AvgIpc) is 3.18. The van der Waals surface area contributed by atoms with Gasteiger partial charge in [0.1, 0.15) is 11.9 Å². The van der Waals surface area contributed by atoms with E-state index in [1.54, 1.807) is 29.3 Å². The number of likely N-dealkylation sites (tertiary alicyclic amines) is 1. The minimum Gasteiger partial charge on any atom is -0.467 e. The Morgan fingerprint density at radius 3 is 3.14 bits per heavy atom. The van der Waals surface area contributed by atoms with Gasteiger partial charge >= 0.3 is 0 Å². The van der Waals surface area contributed by atoms with Gasteiger partial charge in [0.15, 0.2) is 0 Å². The number of hydrogen-bond donors (Lipinski definition) is 1. The van der Waals surface area contributed by atoms with E-state index in [0.717, 1.165) is 12.8 Å². The predicted molar refractivity (Wildman–Crippen MR) is 81.6 cm³/mol. The Hall–Kier alpha value is -1.85. The van der Waals surface area contributed by atoms with E-state index < -0.39 is 6.10 Å². The van der Waals surface area contributed by atoms with Gasteiger partial charge in [-0.3, -0.25) is 9.78 Å². The molecule has 0 saturated carbocycles. The Morgan fingerprint density at radius 1 is 1.55 bits per heavy atom. The number of carbonyl (C=O) groups is 1.